The lowest BCUT2D eigenvalue weighted by atomic mass is 10.2. The van der Waals surface area contributed by atoms with E-state index in [9.17, 15) is 18.0 Å². The lowest BCUT2D eigenvalue weighted by Gasteiger charge is -2.09. The van der Waals surface area contributed by atoms with Crippen molar-refractivity contribution in [1.82, 2.24) is 4.98 Å². The predicted molar refractivity (Wildman–Crippen MR) is 51.7 cm³/mol. The number of pyridine rings is 1. The van der Waals surface area contributed by atoms with E-state index >= 15 is 0 Å². The maximum absolute atomic E-state index is 13.3. The van der Waals surface area contributed by atoms with Crippen LogP contribution in [0, 0.1) is 5.82 Å². The van der Waals surface area contributed by atoms with E-state index in [0.29, 0.717) is 6.07 Å². The van der Waals surface area contributed by atoms with Crippen LogP contribution in [0.25, 0.3) is 0 Å². The molecule has 7 heteroatoms. The topological polar surface area (TPSA) is 48.4 Å². The number of ether oxygens (including phenoxy) is 2. The molecule has 1 aromatic heterocycles. The number of aromatic nitrogens is 1. The summed E-state index contributed by atoms with van der Waals surface area (Å²) in [6, 6.07) is 0.517. The minimum Gasteiger partial charge on any atom is -0.481 e. The van der Waals surface area contributed by atoms with Crippen LogP contribution >= 0.6 is 0 Å². The van der Waals surface area contributed by atoms with Gasteiger partial charge in [-0.2, -0.15) is 0 Å². The maximum atomic E-state index is 13.3. The summed E-state index contributed by atoms with van der Waals surface area (Å²) in [6.45, 7) is 1.55. The molecule has 1 aromatic rings. The summed E-state index contributed by atoms with van der Waals surface area (Å²) >= 11 is 0. The molecule has 4 nitrogen and oxygen atoms in total. The Morgan fingerprint density at radius 2 is 2.18 bits per heavy atom. The standard InChI is InChI=1S/C10H10F3NO3/c1-3-17-10(15)7-6(11)4-5(8(12)13)9(14-7)16-2/h4,8H,3H2,1-2H3. The monoisotopic (exact) mass is 249 g/mol. The fraction of sp³-hybridized carbons (Fsp3) is 0.400. The van der Waals surface area contributed by atoms with Crippen molar-refractivity contribution in [3.63, 3.8) is 0 Å². The number of carbonyl (C=O) groups excluding carboxylic acids is 1. The first-order valence-electron chi connectivity index (χ1n) is 4.71. The van der Waals surface area contributed by atoms with Crippen molar-refractivity contribution in [2.45, 2.75) is 13.3 Å². The molecule has 1 rings (SSSR count). The van der Waals surface area contributed by atoms with E-state index in [0.717, 1.165) is 7.11 Å². The van der Waals surface area contributed by atoms with Gasteiger partial charge in [0.15, 0.2) is 11.5 Å². The summed E-state index contributed by atoms with van der Waals surface area (Å²) in [5.41, 5.74) is -1.38. The summed E-state index contributed by atoms with van der Waals surface area (Å²) < 4.78 is 47.4. The molecule has 0 fully saturated rings. The van der Waals surface area contributed by atoms with Crippen LogP contribution < -0.4 is 4.74 Å². The van der Waals surface area contributed by atoms with Gasteiger partial charge >= 0.3 is 5.97 Å². The second-order valence-corrected chi connectivity index (χ2v) is 2.94. The Kier molecular flexibility index (Phi) is 4.30. The number of halogens is 3. The van der Waals surface area contributed by atoms with Crippen molar-refractivity contribution in [3.05, 3.63) is 23.1 Å². The Labute approximate surface area is 95.4 Å². The Morgan fingerprint density at radius 1 is 1.53 bits per heavy atom. The van der Waals surface area contributed by atoms with Crippen molar-refractivity contribution in [2.75, 3.05) is 13.7 Å². The molecule has 0 N–H and O–H groups in total. The van der Waals surface area contributed by atoms with E-state index in [2.05, 4.69) is 14.5 Å². The molecule has 0 amide bonds. The molecular formula is C10H10F3NO3. The Bertz CT molecular complexity index is 424. The molecule has 0 aliphatic heterocycles. The second-order valence-electron chi connectivity index (χ2n) is 2.94. The first-order valence-corrected chi connectivity index (χ1v) is 4.71. The Hall–Kier alpha value is -1.79. The third kappa shape index (κ3) is 2.86. The largest absolute Gasteiger partial charge is 0.481 e. The Morgan fingerprint density at radius 3 is 2.65 bits per heavy atom. The lowest BCUT2D eigenvalue weighted by molar-refractivity contribution is 0.0511. The van der Waals surface area contributed by atoms with Crippen molar-refractivity contribution in [3.8, 4) is 5.88 Å². The van der Waals surface area contributed by atoms with Gasteiger partial charge in [0, 0.05) is 0 Å². The normalized spacial score (nSPS) is 10.5. The van der Waals surface area contributed by atoms with Crippen LogP contribution in [0.5, 0.6) is 5.88 Å². The highest BCUT2D eigenvalue weighted by Gasteiger charge is 2.23. The SMILES string of the molecule is CCOC(=O)c1nc(OC)c(C(F)F)cc1F. The van der Waals surface area contributed by atoms with Crippen LogP contribution in [-0.2, 0) is 4.74 Å². The van der Waals surface area contributed by atoms with E-state index < -0.39 is 35.3 Å². The number of carbonyl (C=O) groups is 1. The van der Waals surface area contributed by atoms with Gasteiger partial charge in [-0.25, -0.2) is 22.9 Å². The third-order valence-electron chi connectivity index (χ3n) is 1.87. The van der Waals surface area contributed by atoms with Crippen LogP contribution in [0.2, 0.25) is 0 Å². The van der Waals surface area contributed by atoms with Crippen LogP contribution in [-0.4, -0.2) is 24.7 Å². The first-order chi connectivity index (χ1) is 8.01. The third-order valence-corrected chi connectivity index (χ3v) is 1.87. The molecule has 0 radical (unpaired) electrons. The minimum atomic E-state index is -2.94. The Balaban J connectivity index is 3.22. The molecule has 0 aromatic carbocycles. The zero-order valence-corrected chi connectivity index (χ0v) is 9.17. The molecule has 0 spiro atoms. The minimum absolute atomic E-state index is 0.0267. The van der Waals surface area contributed by atoms with Gasteiger partial charge in [0.25, 0.3) is 6.43 Å². The number of alkyl halides is 2. The van der Waals surface area contributed by atoms with Gasteiger partial charge in [-0.3, -0.25) is 0 Å². The average molecular weight is 249 g/mol. The highest BCUT2D eigenvalue weighted by molar-refractivity contribution is 5.87. The van der Waals surface area contributed by atoms with Gasteiger partial charge in [-0.1, -0.05) is 0 Å². The zero-order chi connectivity index (χ0) is 13.0. The van der Waals surface area contributed by atoms with Crippen LogP contribution in [0.15, 0.2) is 6.07 Å². The lowest BCUT2D eigenvalue weighted by Crippen LogP contribution is -2.12. The van der Waals surface area contributed by atoms with Crippen LogP contribution in [0.1, 0.15) is 29.4 Å². The highest BCUT2D eigenvalue weighted by Crippen LogP contribution is 2.28. The summed E-state index contributed by atoms with van der Waals surface area (Å²) in [5, 5.41) is 0. The number of esters is 1. The number of hydrogen-bond acceptors (Lipinski definition) is 4. The van der Waals surface area contributed by atoms with E-state index in [1.807, 2.05) is 0 Å². The smallest absolute Gasteiger partial charge is 0.360 e. The second kappa shape index (κ2) is 5.51. The van der Waals surface area contributed by atoms with Gasteiger partial charge in [0.1, 0.15) is 0 Å². The van der Waals surface area contributed by atoms with E-state index in [1.54, 1.807) is 0 Å². The first kappa shape index (κ1) is 13.3. The van der Waals surface area contributed by atoms with Crippen molar-refractivity contribution < 1.29 is 27.4 Å². The number of nitrogens with zero attached hydrogens (tertiary/aromatic N) is 1. The van der Waals surface area contributed by atoms with E-state index in [4.69, 9.17) is 0 Å². The molecule has 0 bridgehead atoms. The van der Waals surface area contributed by atoms with Crippen molar-refractivity contribution in [2.24, 2.45) is 0 Å². The van der Waals surface area contributed by atoms with Gasteiger partial charge < -0.3 is 9.47 Å². The number of methoxy groups -OCH3 is 1. The molecular weight excluding hydrogens is 239 g/mol. The molecule has 0 saturated carbocycles. The summed E-state index contributed by atoms with van der Waals surface area (Å²) in [5.74, 6) is -2.69. The summed E-state index contributed by atoms with van der Waals surface area (Å²) in [7, 11) is 1.10. The fourth-order valence-corrected chi connectivity index (χ4v) is 1.15. The summed E-state index contributed by atoms with van der Waals surface area (Å²) in [4.78, 5) is 14.6. The van der Waals surface area contributed by atoms with E-state index in [-0.39, 0.29) is 6.61 Å². The molecule has 17 heavy (non-hydrogen) atoms. The van der Waals surface area contributed by atoms with Crippen LogP contribution in [0.3, 0.4) is 0 Å². The average Bonchev–Trinajstić information content (AvgIpc) is 2.28. The number of rotatable bonds is 4. The van der Waals surface area contributed by atoms with Gasteiger partial charge in [-0.05, 0) is 13.0 Å². The van der Waals surface area contributed by atoms with Crippen molar-refractivity contribution >= 4 is 5.97 Å². The van der Waals surface area contributed by atoms with Crippen molar-refractivity contribution in [1.29, 1.82) is 0 Å². The predicted octanol–water partition coefficient (Wildman–Crippen LogP) is 2.34. The van der Waals surface area contributed by atoms with Gasteiger partial charge in [-0.15, -0.1) is 0 Å². The molecule has 0 aliphatic carbocycles. The molecule has 0 atom stereocenters. The van der Waals surface area contributed by atoms with Gasteiger partial charge in [0.2, 0.25) is 5.88 Å². The fourth-order valence-electron chi connectivity index (χ4n) is 1.15. The molecule has 94 valence electrons. The van der Waals surface area contributed by atoms with E-state index in [1.165, 1.54) is 6.92 Å². The number of hydrogen-bond donors (Lipinski definition) is 0. The molecule has 0 saturated heterocycles. The molecule has 1 heterocycles. The zero-order valence-electron chi connectivity index (χ0n) is 9.17. The summed E-state index contributed by atoms with van der Waals surface area (Å²) in [6.07, 6.45) is -2.94. The molecule has 0 aliphatic rings. The highest BCUT2D eigenvalue weighted by atomic mass is 19.3. The quantitative estimate of drug-likeness (QED) is 0.768. The molecule has 0 unspecified atom stereocenters. The van der Waals surface area contributed by atoms with Crippen LogP contribution in [0.4, 0.5) is 13.2 Å². The van der Waals surface area contributed by atoms with Gasteiger partial charge in [0.05, 0.1) is 19.3 Å². The maximum Gasteiger partial charge on any atom is 0.360 e.